The minimum atomic E-state index is -0.290. The number of nitrogens with zero attached hydrogens (tertiary/aromatic N) is 1. The van der Waals surface area contributed by atoms with Crippen molar-refractivity contribution < 1.29 is 9.15 Å². The Morgan fingerprint density at radius 1 is 1.07 bits per heavy atom. The van der Waals surface area contributed by atoms with Crippen molar-refractivity contribution in [1.29, 1.82) is 0 Å². The molecule has 2 heterocycles. The maximum absolute atomic E-state index is 11.9. The number of fused-ring (bicyclic) bond motifs is 1. The summed E-state index contributed by atoms with van der Waals surface area (Å²) in [7, 11) is 1.65. The Kier molecular flexibility index (Phi) is 5.26. The zero-order chi connectivity index (χ0) is 18.6. The lowest BCUT2D eigenvalue weighted by Gasteiger charge is -2.32. The summed E-state index contributed by atoms with van der Waals surface area (Å²) < 4.78 is 10.7. The van der Waals surface area contributed by atoms with E-state index in [9.17, 15) is 4.79 Å². The summed E-state index contributed by atoms with van der Waals surface area (Å²) in [5, 5.41) is 0.959. The monoisotopic (exact) mass is 363 g/mol. The Labute approximate surface area is 159 Å². The molecule has 140 valence electrons. The summed E-state index contributed by atoms with van der Waals surface area (Å²) in [6.45, 7) is 2.89. The summed E-state index contributed by atoms with van der Waals surface area (Å²) in [4.78, 5) is 14.4. The van der Waals surface area contributed by atoms with Gasteiger partial charge in [-0.25, -0.2) is 4.79 Å². The fraction of sp³-hybridized carbons (Fsp3) is 0.348. The Balaban J connectivity index is 1.45. The average Bonchev–Trinajstić information content (AvgIpc) is 2.70. The molecule has 4 nitrogen and oxygen atoms in total. The Hall–Kier alpha value is -2.59. The molecule has 4 heteroatoms. The first kappa shape index (κ1) is 17.8. The summed E-state index contributed by atoms with van der Waals surface area (Å²) in [6.07, 6.45) is 3.54. The largest absolute Gasteiger partial charge is 0.497 e. The molecule has 0 unspecified atom stereocenters. The fourth-order valence-corrected chi connectivity index (χ4v) is 4.00. The van der Waals surface area contributed by atoms with Crippen LogP contribution in [0.15, 0.2) is 63.8 Å². The number of methoxy groups -OCH3 is 1. The molecule has 2 aromatic carbocycles. The number of benzene rings is 2. The van der Waals surface area contributed by atoms with Crippen molar-refractivity contribution in [2.75, 3.05) is 20.2 Å². The molecule has 0 amide bonds. The lowest BCUT2D eigenvalue weighted by Crippen LogP contribution is -2.34. The lowest BCUT2D eigenvalue weighted by molar-refractivity contribution is 0.177. The van der Waals surface area contributed by atoms with Crippen LogP contribution in [0.25, 0.3) is 11.0 Å². The molecule has 4 rings (SSSR count). The molecule has 1 aliphatic rings. The zero-order valence-electron chi connectivity index (χ0n) is 15.7. The van der Waals surface area contributed by atoms with E-state index in [-0.39, 0.29) is 5.63 Å². The van der Waals surface area contributed by atoms with E-state index in [2.05, 4.69) is 35.2 Å². The van der Waals surface area contributed by atoms with Crippen LogP contribution < -0.4 is 10.4 Å². The highest BCUT2D eigenvalue weighted by molar-refractivity contribution is 5.81. The molecule has 1 fully saturated rings. The van der Waals surface area contributed by atoms with Gasteiger partial charge in [0.25, 0.3) is 0 Å². The molecule has 0 spiro atoms. The molecular weight excluding hydrogens is 338 g/mol. The van der Waals surface area contributed by atoms with E-state index in [1.807, 2.05) is 18.2 Å². The van der Waals surface area contributed by atoms with Gasteiger partial charge in [-0.2, -0.15) is 0 Å². The van der Waals surface area contributed by atoms with Gasteiger partial charge < -0.3 is 9.15 Å². The normalized spacial score (nSPS) is 15.9. The number of rotatable bonds is 5. The van der Waals surface area contributed by atoms with Crippen LogP contribution in [0, 0.1) is 5.92 Å². The number of likely N-dealkylation sites (tertiary alicyclic amines) is 1. The second kappa shape index (κ2) is 7.97. The van der Waals surface area contributed by atoms with E-state index in [1.165, 1.54) is 18.4 Å². The van der Waals surface area contributed by atoms with Crippen LogP contribution in [-0.2, 0) is 13.0 Å². The van der Waals surface area contributed by atoms with Crippen molar-refractivity contribution in [3.05, 3.63) is 76.1 Å². The smallest absolute Gasteiger partial charge is 0.336 e. The van der Waals surface area contributed by atoms with Gasteiger partial charge in [0.2, 0.25) is 0 Å². The molecule has 27 heavy (non-hydrogen) atoms. The molecular formula is C23H25NO3. The van der Waals surface area contributed by atoms with Gasteiger partial charge in [-0.3, -0.25) is 4.90 Å². The minimum Gasteiger partial charge on any atom is -0.497 e. The van der Waals surface area contributed by atoms with Crippen LogP contribution in [0.1, 0.15) is 24.0 Å². The average molecular weight is 363 g/mol. The first-order chi connectivity index (χ1) is 13.2. The van der Waals surface area contributed by atoms with Gasteiger partial charge in [-0.1, -0.05) is 30.3 Å². The lowest BCUT2D eigenvalue weighted by atomic mass is 9.90. The van der Waals surface area contributed by atoms with Crippen molar-refractivity contribution >= 4 is 11.0 Å². The van der Waals surface area contributed by atoms with Gasteiger partial charge in [0, 0.05) is 18.0 Å². The van der Waals surface area contributed by atoms with Crippen molar-refractivity contribution in [1.82, 2.24) is 4.90 Å². The molecule has 0 aliphatic carbocycles. The van der Waals surface area contributed by atoms with Crippen LogP contribution in [0.4, 0.5) is 0 Å². The van der Waals surface area contributed by atoms with Crippen LogP contribution in [-0.4, -0.2) is 25.1 Å². The number of piperidine rings is 1. The molecule has 0 atom stereocenters. The number of ether oxygens (including phenoxy) is 1. The molecule has 3 aromatic rings. The highest BCUT2D eigenvalue weighted by atomic mass is 16.5. The predicted octanol–water partition coefficient (Wildman–Crippen LogP) is 4.26. The first-order valence-electron chi connectivity index (χ1n) is 9.58. The highest BCUT2D eigenvalue weighted by Crippen LogP contribution is 2.26. The summed E-state index contributed by atoms with van der Waals surface area (Å²) >= 11 is 0. The predicted molar refractivity (Wildman–Crippen MR) is 107 cm³/mol. The molecule has 0 saturated carbocycles. The molecule has 1 aromatic heterocycles. The first-order valence-corrected chi connectivity index (χ1v) is 9.58. The third-order valence-corrected chi connectivity index (χ3v) is 5.50. The number of hydrogen-bond acceptors (Lipinski definition) is 4. The van der Waals surface area contributed by atoms with Crippen LogP contribution in [0.2, 0.25) is 0 Å². The maximum atomic E-state index is 11.9. The topological polar surface area (TPSA) is 42.7 Å². The quantitative estimate of drug-likeness (QED) is 0.636. The third kappa shape index (κ3) is 4.22. The van der Waals surface area contributed by atoms with E-state index in [0.29, 0.717) is 5.58 Å². The Morgan fingerprint density at radius 2 is 1.85 bits per heavy atom. The third-order valence-electron chi connectivity index (χ3n) is 5.50. The van der Waals surface area contributed by atoms with E-state index in [0.717, 1.165) is 48.7 Å². The second-order valence-corrected chi connectivity index (χ2v) is 7.36. The summed E-state index contributed by atoms with van der Waals surface area (Å²) in [6, 6.07) is 17.9. The summed E-state index contributed by atoms with van der Waals surface area (Å²) in [5.74, 6) is 1.51. The molecule has 1 aliphatic heterocycles. The van der Waals surface area contributed by atoms with E-state index < -0.39 is 0 Å². The van der Waals surface area contributed by atoms with Gasteiger partial charge in [0.1, 0.15) is 11.3 Å². The zero-order valence-corrected chi connectivity index (χ0v) is 15.7. The van der Waals surface area contributed by atoms with E-state index in [1.54, 1.807) is 13.2 Å². The van der Waals surface area contributed by atoms with E-state index in [4.69, 9.17) is 9.15 Å². The summed E-state index contributed by atoms with van der Waals surface area (Å²) in [5.41, 5.74) is 2.77. The van der Waals surface area contributed by atoms with Gasteiger partial charge in [0.15, 0.2) is 0 Å². The Morgan fingerprint density at radius 3 is 2.59 bits per heavy atom. The van der Waals surface area contributed by atoms with Gasteiger partial charge in [0.05, 0.1) is 7.11 Å². The van der Waals surface area contributed by atoms with E-state index >= 15 is 0 Å². The van der Waals surface area contributed by atoms with Crippen molar-refractivity contribution in [3.63, 3.8) is 0 Å². The molecule has 0 bridgehead atoms. The van der Waals surface area contributed by atoms with Gasteiger partial charge in [-0.15, -0.1) is 0 Å². The minimum absolute atomic E-state index is 0.290. The molecule has 0 N–H and O–H groups in total. The van der Waals surface area contributed by atoms with Crippen molar-refractivity contribution in [2.45, 2.75) is 25.8 Å². The molecule has 0 radical (unpaired) electrons. The Bertz CT molecular complexity index is 956. The van der Waals surface area contributed by atoms with Crippen LogP contribution >= 0.6 is 0 Å². The maximum Gasteiger partial charge on any atom is 0.336 e. The van der Waals surface area contributed by atoms with Crippen molar-refractivity contribution in [2.24, 2.45) is 5.92 Å². The second-order valence-electron chi connectivity index (χ2n) is 7.36. The fourth-order valence-electron chi connectivity index (χ4n) is 4.00. The standard InChI is InChI=1S/C23H25NO3/c1-26-20-7-8-22-21(15-20)19(14-23(25)27-22)16-24-11-9-18(10-12-24)13-17-5-3-2-4-6-17/h2-8,14-15,18H,9-13,16H2,1H3. The van der Waals surface area contributed by atoms with Gasteiger partial charge in [-0.05, 0) is 67.6 Å². The molecule has 1 saturated heterocycles. The number of hydrogen-bond donors (Lipinski definition) is 0. The van der Waals surface area contributed by atoms with Crippen molar-refractivity contribution in [3.8, 4) is 5.75 Å². The highest BCUT2D eigenvalue weighted by Gasteiger charge is 2.20. The van der Waals surface area contributed by atoms with Crippen LogP contribution in [0.3, 0.4) is 0 Å². The SMILES string of the molecule is COc1ccc2oc(=O)cc(CN3CCC(Cc4ccccc4)CC3)c2c1. The van der Waals surface area contributed by atoms with Crippen LogP contribution in [0.5, 0.6) is 5.75 Å². The van der Waals surface area contributed by atoms with Gasteiger partial charge >= 0.3 is 5.63 Å².